The Balaban J connectivity index is 2.03. The summed E-state index contributed by atoms with van der Waals surface area (Å²) in [6, 6.07) is 3.80. The number of aromatic nitrogens is 1. The summed E-state index contributed by atoms with van der Waals surface area (Å²) in [6.07, 6.45) is 3.37. The molecule has 2 rings (SSSR count). The molecule has 0 radical (unpaired) electrons. The first kappa shape index (κ1) is 13.6. The molecule has 0 N–H and O–H groups in total. The van der Waals surface area contributed by atoms with Crippen LogP contribution in [-0.4, -0.2) is 37.8 Å². The molecular weight excluding hydrogens is 244 g/mol. The lowest BCUT2D eigenvalue weighted by molar-refractivity contribution is -0.146. The lowest BCUT2D eigenvalue weighted by atomic mass is 9.97. The van der Waals surface area contributed by atoms with Crippen molar-refractivity contribution in [2.24, 2.45) is 5.92 Å². The van der Waals surface area contributed by atoms with Gasteiger partial charge in [0.25, 0.3) is 0 Å². The third kappa shape index (κ3) is 3.16. The maximum absolute atomic E-state index is 11.5. The molecule has 0 amide bonds. The van der Waals surface area contributed by atoms with Crippen molar-refractivity contribution in [2.75, 3.05) is 31.7 Å². The first-order valence-corrected chi connectivity index (χ1v) is 6.66. The van der Waals surface area contributed by atoms with Crippen LogP contribution in [0.4, 0.5) is 5.82 Å². The molecule has 0 atom stereocenters. The third-order valence-corrected chi connectivity index (χ3v) is 3.38. The van der Waals surface area contributed by atoms with Crippen LogP contribution in [0.25, 0.3) is 0 Å². The molecule has 5 heteroatoms. The molecule has 0 aromatic carbocycles. The van der Waals surface area contributed by atoms with Crippen LogP contribution in [-0.2, 0) is 9.53 Å². The van der Waals surface area contributed by atoms with Crippen molar-refractivity contribution in [3.63, 3.8) is 0 Å². The second kappa shape index (κ2) is 6.41. The van der Waals surface area contributed by atoms with E-state index in [4.69, 9.17) is 9.47 Å². The predicted molar refractivity (Wildman–Crippen MR) is 72.4 cm³/mol. The Labute approximate surface area is 113 Å². The zero-order chi connectivity index (χ0) is 13.7. The Morgan fingerprint density at radius 3 is 2.84 bits per heavy atom. The third-order valence-electron chi connectivity index (χ3n) is 3.38. The molecule has 0 bridgehead atoms. The van der Waals surface area contributed by atoms with E-state index in [0.717, 1.165) is 37.5 Å². The monoisotopic (exact) mass is 264 g/mol. The largest absolute Gasteiger partial charge is 0.490 e. The molecule has 1 saturated heterocycles. The molecule has 1 fully saturated rings. The van der Waals surface area contributed by atoms with Crippen molar-refractivity contribution in [3.8, 4) is 5.75 Å². The summed E-state index contributed by atoms with van der Waals surface area (Å²) in [7, 11) is 1.45. The number of hydrogen-bond acceptors (Lipinski definition) is 5. The number of esters is 1. The van der Waals surface area contributed by atoms with E-state index in [0.29, 0.717) is 6.61 Å². The minimum Gasteiger partial charge on any atom is -0.490 e. The Hall–Kier alpha value is -1.78. The van der Waals surface area contributed by atoms with E-state index in [9.17, 15) is 4.79 Å². The van der Waals surface area contributed by atoms with Crippen molar-refractivity contribution in [1.82, 2.24) is 4.98 Å². The zero-order valence-electron chi connectivity index (χ0n) is 11.5. The van der Waals surface area contributed by atoms with E-state index in [1.54, 1.807) is 6.20 Å². The number of nitrogens with zero attached hydrogens (tertiary/aromatic N) is 2. The molecule has 0 aliphatic carbocycles. The molecule has 1 aliphatic rings. The topological polar surface area (TPSA) is 51.7 Å². The fourth-order valence-electron chi connectivity index (χ4n) is 2.38. The number of hydrogen-bond donors (Lipinski definition) is 0. The van der Waals surface area contributed by atoms with E-state index in [1.807, 2.05) is 19.1 Å². The number of methoxy groups -OCH3 is 1. The number of carbonyl (C=O) groups is 1. The van der Waals surface area contributed by atoms with Crippen molar-refractivity contribution in [2.45, 2.75) is 19.8 Å². The van der Waals surface area contributed by atoms with Crippen molar-refractivity contribution >= 4 is 11.8 Å². The van der Waals surface area contributed by atoms with Crippen LogP contribution < -0.4 is 9.64 Å². The highest BCUT2D eigenvalue weighted by Crippen LogP contribution is 2.29. The van der Waals surface area contributed by atoms with Gasteiger partial charge in [-0.1, -0.05) is 0 Å². The maximum atomic E-state index is 11.5. The first-order valence-electron chi connectivity index (χ1n) is 6.66. The quantitative estimate of drug-likeness (QED) is 0.777. The number of pyridine rings is 1. The molecular formula is C14H20N2O3. The molecule has 5 nitrogen and oxygen atoms in total. The molecule has 0 spiro atoms. The lowest BCUT2D eigenvalue weighted by Crippen LogP contribution is -2.37. The summed E-state index contributed by atoms with van der Waals surface area (Å²) < 4.78 is 10.4. The van der Waals surface area contributed by atoms with E-state index < -0.39 is 0 Å². The van der Waals surface area contributed by atoms with Gasteiger partial charge in [-0.25, -0.2) is 4.98 Å². The zero-order valence-corrected chi connectivity index (χ0v) is 11.5. The van der Waals surface area contributed by atoms with Gasteiger partial charge < -0.3 is 14.4 Å². The van der Waals surface area contributed by atoms with Gasteiger partial charge in [-0.2, -0.15) is 0 Å². The van der Waals surface area contributed by atoms with Crippen LogP contribution in [0, 0.1) is 5.92 Å². The second-order valence-electron chi connectivity index (χ2n) is 4.54. The molecule has 19 heavy (non-hydrogen) atoms. The highest BCUT2D eigenvalue weighted by molar-refractivity contribution is 5.72. The summed E-state index contributed by atoms with van der Waals surface area (Å²) in [4.78, 5) is 18.1. The summed E-state index contributed by atoms with van der Waals surface area (Å²) in [5, 5.41) is 0. The van der Waals surface area contributed by atoms with Crippen LogP contribution in [0.1, 0.15) is 19.8 Å². The van der Waals surface area contributed by atoms with Crippen LogP contribution in [0.5, 0.6) is 5.75 Å². The van der Waals surface area contributed by atoms with Gasteiger partial charge in [0.1, 0.15) is 0 Å². The van der Waals surface area contributed by atoms with Crippen LogP contribution in [0.15, 0.2) is 18.3 Å². The molecule has 0 saturated carbocycles. The fraction of sp³-hybridized carbons (Fsp3) is 0.571. The average molecular weight is 264 g/mol. The van der Waals surface area contributed by atoms with Crippen molar-refractivity contribution < 1.29 is 14.3 Å². The highest BCUT2D eigenvalue weighted by Gasteiger charge is 2.27. The normalized spacial score (nSPS) is 16.2. The summed E-state index contributed by atoms with van der Waals surface area (Å²) in [6.45, 7) is 4.19. The van der Waals surface area contributed by atoms with Gasteiger partial charge in [0.05, 0.1) is 19.6 Å². The second-order valence-corrected chi connectivity index (χ2v) is 4.54. The molecule has 2 heterocycles. The molecule has 1 aromatic heterocycles. The standard InChI is InChI=1S/C14H20N2O3/c1-3-19-12-5-4-8-15-13(12)16-9-6-11(7-10-16)14(17)18-2/h4-5,8,11H,3,6-7,9-10H2,1-2H3. The van der Waals surface area contributed by atoms with Gasteiger partial charge in [0, 0.05) is 19.3 Å². The van der Waals surface area contributed by atoms with E-state index in [-0.39, 0.29) is 11.9 Å². The SMILES string of the molecule is CCOc1cccnc1N1CCC(C(=O)OC)CC1. The van der Waals surface area contributed by atoms with Gasteiger partial charge >= 0.3 is 5.97 Å². The lowest BCUT2D eigenvalue weighted by Gasteiger charge is -2.32. The molecule has 104 valence electrons. The molecule has 1 aromatic rings. The highest BCUT2D eigenvalue weighted by atomic mass is 16.5. The minimum absolute atomic E-state index is 0.0144. The van der Waals surface area contributed by atoms with Gasteiger partial charge in [-0.3, -0.25) is 4.79 Å². The van der Waals surface area contributed by atoms with E-state index in [1.165, 1.54) is 7.11 Å². The Morgan fingerprint density at radius 2 is 2.21 bits per heavy atom. The van der Waals surface area contributed by atoms with Crippen LogP contribution >= 0.6 is 0 Å². The minimum atomic E-state index is -0.106. The molecule has 0 unspecified atom stereocenters. The Kier molecular flexibility index (Phi) is 4.60. The van der Waals surface area contributed by atoms with Crippen molar-refractivity contribution in [1.29, 1.82) is 0 Å². The predicted octanol–water partition coefficient (Wildman–Crippen LogP) is 1.87. The number of ether oxygens (including phenoxy) is 2. The summed E-state index contributed by atoms with van der Waals surface area (Å²) in [5.74, 6) is 1.58. The number of rotatable bonds is 4. The summed E-state index contributed by atoms with van der Waals surface area (Å²) >= 11 is 0. The van der Waals surface area contributed by atoms with Gasteiger partial charge in [0.2, 0.25) is 0 Å². The van der Waals surface area contributed by atoms with Crippen LogP contribution in [0.2, 0.25) is 0 Å². The smallest absolute Gasteiger partial charge is 0.308 e. The van der Waals surface area contributed by atoms with E-state index in [2.05, 4.69) is 9.88 Å². The first-order chi connectivity index (χ1) is 9.26. The Bertz CT molecular complexity index is 428. The van der Waals surface area contributed by atoms with Gasteiger partial charge in [-0.05, 0) is 31.9 Å². The molecule has 1 aliphatic heterocycles. The summed E-state index contributed by atoms with van der Waals surface area (Å²) in [5.41, 5.74) is 0. The van der Waals surface area contributed by atoms with Crippen LogP contribution in [0.3, 0.4) is 0 Å². The maximum Gasteiger partial charge on any atom is 0.308 e. The van der Waals surface area contributed by atoms with Crippen molar-refractivity contribution in [3.05, 3.63) is 18.3 Å². The number of carbonyl (C=O) groups excluding carboxylic acids is 1. The van der Waals surface area contributed by atoms with Gasteiger partial charge in [-0.15, -0.1) is 0 Å². The number of anilines is 1. The van der Waals surface area contributed by atoms with Gasteiger partial charge in [0.15, 0.2) is 11.6 Å². The average Bonchev–Trinajstić information content (AvgIpc) is 2.47. The Morgan fingerprint density at radius 1 is 1.47 bits per heavy atom. The number of piperidine rings is 1. The fourth-order valence-corrected chi connectivity index (χ4v) is 2.38. The van der Waals surface area contributed by atoms with E-state index >= 15 is 0 Å².